The molecule has 0 aliphatic heterocycles. The number of rotatable bonds is 3. The van der Waals surface area contributed by atoms with Crippen molar-refractivity contribution in [3.8, 4) is 11.4 Å². The van der Waals surface area contributed by atoms with E-state index in [1.807, 2.05) is 24.3 Å². The Labute approximate surface area is 111 Å². The minimum absolute atomic E-state index is 0.0902. The largest absolute Gasteiger partial charge is 0.480 e. The summed E-state index contributed by atoms with van der Waals surface area (Å²) in [6.45, 7) is 6.14. The number of nitrogens with zero attached hydrogens (tertiary/aromatic N) is 4. The van der Waals surface area contributed by atoms with E-state index in [9.17, 15) is 4.79 Å². The number of carboxylic acids is 1. The molecule has 0 bridgehead atoms. The maximum Gasteiger partial charge on any atom is 0.327 e. The molecule has 0 fully saturated rings. The van der Waals surface area contributed by atoms with Gasteiger partial charge < -0.3 is 5.11 Å². The number of hydrogen-bond acceptors (Lipinski definition) is 4. The second kappa shape index (κ2) is 4.79. The fraction of sp³-hybridized carbons (Fsp3) is 0.385. The molecule has 100 valence electrons. The molecule has 0 spiro atoms. The number of aliphatic carboxylic acids is 1. The molecule has 19 heavy (non-hydrogen) atoms. The van der Waals surface area contributed by atoms with Gasteiger partial charge in [0.2, 0.25) is 5.82 Å². The van der Waals surface area contributed by atoms with Crippen LogP contribution in [0.2, 0.25) is 0 Å². The van der Waals surface area contributed by atoms with Gasteiger partial charge in [0.25, 0.3) is 0 Å². The molecule has 2 aromatic rings. The zero-order chi connectivity index (χ0) is 14.0. The van der Waals surface area contributed by atoms with E-state index in [2.05, 4.69) is 36.2 Å². The molecule has 1 N–H and O–H groups in total. The molecule has 2 rings (SSSR count). The first-order valence-electron chi connectivity index (χ1n) is 5.97. The Bertz CT molecular complexity index is 581. The zero-order valence-electron chi connectivity index (χ0n) is 11.2. The third kappa shape index (κ3) is 3.15. The Balaban J connectivity index is 2.23. The third-order valence-electron chi connectivity index (χ3n) is 2.74. The van der Waals surface area contributed by atoms with Crippen LogP contribution in [0.1, 0.15) is 26.3 Å². The first-order chi connectivity index (χ1) is 8.86. The van der Waals surface area contributed by atoms with Gasteiger partial charge in [-0.15, -0.1) is 10.2 Å². The summed E-state index contributed by atoms with van der Waals surface area (Å²) in [7, 11) is 0. The van der Waals surface area contributed by atoms with Crippen molar-refractivity contribution >= 4 is 5.97 Å². The molecular formula is C13H16N4O2. The highest BCUT2D eigenvalue weighted by atomic mass is 16.4. The monoisotopic (exact) mass is 260 g/mol. The molecule has 6 heteroatoms. The van der Waals surface area contributed by atoms with E-state index in [1.165, 1.54) is 5.56 Å². The van der Waals surface area contributed by atoms with Crippen LogP contribution >= 0.6 is 0 Å². The minimum Gasteiger partial charge on any atom is -0.480 e. The molecule has 0 amide bonds. The lowest BCUT2D eigenvalue weighted by Gasteiger charge is -2.18. The van der Waals surface area contributed by atoms with Crippen molar-refractivity contribution in [2.45, 2.75) is 32.7 Å². The topological polar surface area (TPSA) is 80.9 Å². The van der Waals surface area contributed by atoms with E-state index in [4.69, 9.17) is 5.11 Å². The molecule has 0 aliphatic carbocycles. The third-order valence-corrected chi connectivity index (χ3v) is 2.74. The molecule has 1 heterocycles. The van der Waals surface area contributed by atoms with Crippen LogP contribution in [0.4, 0.5) is 0 Å². The molecule has 0 unspecified atom stereocenters. The zero-order valence-corrected chi connectivity index (χ0v) is 11.2. The van der Waals surface area contributed by atoms with Crippen molar-refractivity contribution in [2.75, 3.05) is 0 Å². The Kier molecular flexibility index (Phi) is 3.33. The van der Waals surface area contributed by atoms with Crippen molar-refractivity contribution in [1.82, 2.24) is 20.2 Å². The molecule has 0 aliphatic rings. The van der Waals surface area contributed by atoms with Gasteiger partial charge in [0.1, 0.15) is 0 Å². The average molecular weight is 260 g/mol. The van der Waals surface area contributed by atoms with Crippen LogP contribution < -0.4 is 0 Å². The molecular weight excluding hydrogens is 244 g/mol. The summed E-state index contributed by atoms with van der Waals surface area (Å²) in [4.78, 5) is 11.6. The van der Waals surface area contributed by atoms with E-state index in [-0.39, 0.29) is 12.0 Å². The molecule has 1 aromatic heterocycles. The first kappa shape index (κ1) is 13.2. The summed E-state index contributed by atoms with van der Waals surface area (Å²) in [6.07, 6.45) is 0. The smallest absolute Gasteiger partial charge is 0.327 e. The maximum absolute atomic E-state index is 10.5. The second-order valence-corrected chi connectivity index (χ2v) is 5.36. The summed E-state index contributed by atoms with van der Waals surface area (Å²) in [6, 6.07) is 7.88. The summed E-state index contributed by atoms with van der Waals surface area (Å²) < 4.78 is 0. The number of tetrazole rings is 1. The Morgan fingerprint density at radius 3 is 2.42 bits per heavy atom. The summed E-state index contributed by atoms with van der Waals surface area (Å²) in [5.74, 6) is -0.561. The number of aromatic nitrogens is 4. The van der Waals surface area contributed by atoms with Crippen LogP contribution in [0.5, 0.6) is 0 Å². The predicted molar refractivity (Wildman–Crippen MR) is 69.6 cm³/mol. The van der Waals surface area contributed by atoms with E-state index in [0.29, 0.717) is 5.82 Å². The fourth-order valence-electron chi connectivity index (χ4n) is 1.67. The Morgan fingerprint density at radius 2 is 1.89 bits per heavy atom. The van der Waals surface area contributed by atoms with Crippen LogP contribution in [0, 0.1) is 0 Å². The van der Waals surface area contributed by atoms with Crippen LogP contribution in [-0.4, -0.2) is 31.3 Å². The standard InChI is InChI=1S/C13H16N4O2/c1-13(2,3)10-6-4-9(5-7-10)12-14-16-17(15-12)8-11(18)19/h4-7H,8H2,1-3H3,(H,18,19). The van der Waals surface area contributed by atoms with Crippen LogP contribution in [-0.2, 0) is 16.8 Å². The molecule has 0 saturated heterocycles. The highest BCUT2D eigenvalue weighted by Crippen LogP contribution is 2.24. The van der Waals surface area contributed by atoms with Gasteiger partial charge in [0.05, 0.1) is 0 Å². The molecule has 0 atom stereocenters. The SMILES string of the molecule is CC(C)(C)c1ccc(-c2nnn(CC(=O)O)n2)cc1. The Morgan fingerprint density at radius 1 is 1.26 bits per heavy atom. The average Bonchev–Trinajstić information content (AvgIpc) is 2.75. The fourth-order valence-corrected chi connectivity index (χ4v) is 1.67. The van der Waals surface area contributed by atoms with E-state index in [1.54, 1.807) is 0 Å². The summed E-state index contributed by atoms with van der Waals surface area (Å²) in [5, 5.41) is 20.2. The molecule has 0 radical (unpaired) electrons. The Hall–Kier alpha value is -2.24. The van der Waals surface area contributed by atoms with Crippen molar-refractivity contribution < 1.29 is 9.90 Å². The second-order valence-electron chi connectivity index (χ2n) is 5.36. The highest BCUT2D eigenvalue weighted by molar-refractivity contribution is 5.66. The quantitative estimate of drug-likeness (QED) is 0.908. The molecule has 6 nitrogen and oxygen atoms in total. The number of benzene rings is 1. The van der Waals surface area contributed by atoms with Crippen molar-refractivity contribution in [3.05, 3.63) is 29.8 Å². The normalized spacial score (nSPS) is 11.5. The number of carboxylic acid groups (broad SMARTS) is 1. The van der Waals surface area contributed by atoms with Crippen LogP contribution in [0.3, 0.4) is 0 Å². The van der Waals surface area contributed by atoms with E-state index >= 15 is 0 Å². The summed E-state index contributed by atoms with van der Waals surface area (Å²) in [5.41, 5.74) is 2.13. The highest BCUT2D eigenvalue weighted by Gasteiger charge is 2.14. The predicted octanol–water partition coefficient (Wildman–Crippen LogP) is 1.72. The van der Waals surface area contributed by atoms with Gasteiger partial charge in [-0.25, -0.2) is 0 Å². The summed E-state index contributed by atoms with van der Waals surface area (Å²) >= 11 is 0. The minimum atomic E-state index is -0.993. The molecule has 0 saturated carbocycles. The maximum atomic E-state index is 10.5. The lowest BCUT2D eigenvalue weighted by Crippen LogP contribution is -2.11. The van der Waals surface area contributed by atoms with Gasteiger partial charge >= 0.3 is 5.97 Å². The van der Waals surface area contributed by atoms with E-state index < -0.39 is 5.97 Å². The van der Waals surface area contributed by atoms with Gasteiger partial charge in [-0.2, -0.15) is 4.80 Å². The number of carbonyl (C=O) groups is 1. The van der Waals surface area contributed by atoms with Crippen molar-refractivity contribution in [2.24, 2.45) is 0 Å². The van der Waals surface area contributed by atoms with Crippen LogP contribution in [0.15, 0.2) is 24.3 Å². The van der Waals surface area contributed by atoms with Crippen molar-refractivity contribution in [3.63, 3.8) is 0 Å². The number of hydrogen-bond donors (Lipinski definition) is 1. The van der Waals surface area contributed by atoms with Gasteiger partial charge in [0.15, 0.2) is 6.54 Å². The van der Waals surface area contributed by atoms with Gasteiger partial charge in [0, 0.05) is 5.56 Å². The van der Waals surface area contributed by atoms with Crippen molar-refractivity contribution in [1.29, 1.82) is 0 Å². The molecule has 1 aromatic carbocycles. The lowest BCUT2D eigenvalue weighted by molar-refractivity contribution is -0.138. The van der Waals surface area contributed by atoms with Gasteiger partial charge in [-0.1, -0.05) is 45.0 Å². The van der Waals surface area contributed by atoms with Gasteiger partial charge in [-0.3, -0.25) is 4.79 Å². The first-order valence-corrected chi connectivity index (χ1v) is 5.97. The van der Waals surface area contributed by atoms with Crippen LogP contribution in [0.25, 0.3) is 11.4 Å². The van der Waals surface area contributed by atoms with E-state index in [0.717, 1.165) is 10.4 Å². The van der Waals surface area contributed by atoms with Gasteiger partial charge in [-0.05, 0) is 16.2 Å². The lowest BCUT2D eigenvalue weighted by atomic mass is 9.87.